The molecular weight excluding hydrogens is 428 g/mol. The van der Waals surface area contributed by atoms with Gasteiger partial charge < -0.3 is 37.0 Å². The minimum atomic E-state index is -1.48. The third-order valence-electron chi connectivity index (χ3n) is 4.21. The molecule has 172 valence electrons. The lowest BCUT2D eigenvalue weighted by Crippen LogP contribution is -2.54. The van der Waals surface area contributed by atoms with Crippen LogP contribution in [0.1, 0.15) is 12.0 Å². The van der Waals surface area contributed by atoms with E-state index in [1.807, 2.05) is 6.26 Å². The van der Waals surface area contributed by atoms with Crippen LogP contribution in [-0.2, 0) is 25.6 Å². The Labute approximate surface area is 183 Å². The zero-order chi connectivity index (χ0) is 23.4. The predicted octanol–water partition coefficient (Wildman–Crippen LogP) is -1.82. The Balaban J connectivity index is 2.64. The van der Waals surface area contributed by atoms with E-state index in [4.69, 9.17) is 15.9 Å². The Morgan fingerprint density at radius 1 is 1.06 bits per heavy atom. The quantitative estimate of drug-likeness (QED) is 0.179. The van der Waals surface area contributed by atoms with Crippen molar-refractivity contribution in [1.82, 2.24) is 16.0 Å². The summed E-state index contributed by atoms with van der Waals surface area (Å²) in [6.45, 7) is -1.31. The molecule has 3 unspecified atom stereocenters. The van der Waals surface area contributed by atoms with Crippen LogP contribution in [0.3, 0.4) is 0 Å². The van der Waals surface area contributed by atoms with Crippen LogP contribution in [0.2, 0.25) is 0 Å². The second kappa shape index (κ2) is 13.5. The van der Waals surface area contributed by atoms with Gasteiger partial charge in [-0.3, -0.25) is 14.4 Å². The van der Waals surface area contributed by atoms with Crippen molar-refractivity contribution in [3.8, 4) is 5.75 Å². The number of rotatable bonds is 13. The number of nitrogens with two attached hydrogens (primary N) is 1. The summed E-state index contributed by atoms with van der Waals surface area (Å²) in [6, 6.07) is 2.88. The number of phenolic OH excluding ortho intramolecular Hbond substituents is 1. The van der Waals surface area contributed by atoms with E-state index in [9.17, 15) is 24.3 Å². The number of nitrogens with one attached hydrogen (secondary N) is 3. The van der Waals surface area contributed by atoms with Crippen molar-refractivity contribution in [1.29, 1.82) is 0 Å². The number of aliphatic hydroxyl groups is 1. The largest absolute Gasteiger partial charge is 0.508 e. The molecule has 31 heavy (non-hydrogen) atoms. The van der Waals surface area contributed by atoms with E-state index in [1.165, 1.54) is 23.9 Å². The number of phenols is 1. The number of aliphatic carboxylic acids is 1. The molecule has 8 N–H and O–H groups in total. The summed E-state index contributed by atoms with van der Waals surface area (Å²) >= 11 is 1.47. The van der Waals surface area contributed by atoms with Gasteiger partial charge >= 0.3 is 5.97 Å². The van der Waals surface area contributed by atoms with Gasteiger partial charge in [-0.25, -0.2) is 4.79 Å². The second-order valence-electron chi connectivity index (χ2n) is 6.68. The molecule has 11 nitrogen and oxygen atoms in total. The molecule has 0 bridgehead atoms. The van der Waals surface area contributed by atoms with E-state index in [0.717, 1.165) is 5.56 Å². The third-order valence-corrected chi connectivity index (χ3v) is 4.86. The summed E-state index contributed by atoms with van der Waals surface area (Å²) in [5.41, 5.74) is 6.67. The average molecular weight is 457 g/mol. The molecule has 0 aliphatic rings. The van der Waals surface area contributed by atoms with Gasteiger partial charge in [-0.1, -0.05) is 12.1 Å². The van der Waals surface area contributed by atoms with Crippen LogP contribution in [0.25, 0.3) is 0 Å². The lowest BCUT2D eigenvalue weighted by Gasteiger charge is -2.21. The van der Waals surface area contributed by atoms with Gasteiger partial charge in [-0.15, -0.1) is 0 Å². The topological polar surface area (TPSA) is 191 Å². The number of benzene rings is 1. The molecule has 0 saturated carbocycles. The summed E-state index contributed by atoms with van der Waals surface area (Å²) < 4.78 is 0. The molecule has 1 aromatic rings. The Bertz CT molecular complexity index is 760. The highest BCUT2D eigenvalue weighted by Crippen LogP contribution is 2.11. The van der Waals surface area contributed by atoms with Gasteiger partial charge in [-0.05, 0) is 42.5 Å². The van der Waals surface area contributed by atoms with Crippen LogP contribution >= 0.6 is 11.8 Å². The molecule has 0 fully saturated rings. The lowest BCUT2D eigenvalue weighted by atomic mass is 10.1. The molecule has 0 saturated heterocycles. The van der Waals surface area contributed by atoms with Crippen LogP contribution in [0, 0.1) is 0 Å². The normalized spacial score (nSPS) is 13.5. The molecule has 0 aliphatic heterocycles. The van der Waals surface area contributed by atoms with Crippen molar-refractivity contribution >= 4 is 35.5 Å². The molecule has 12 heteroatoms. The molecule has 1 aromatic carbocycles. The van der Waals surface area contributed by atoms with Crippen LogP contribution in [0.4, 0.5) is 0 Å². The monoisotopic (exact) mass is 456 g/mol. The number of carboxylic acid groups (broad SMARTS) is 1. The molecule has 3 amide bonds. The van der Waals surface area contributed by atoms with E-state index in [-0.39, 0.29) is 12.2 Å². The number of carbonyl (C=O) groups excluding carboxylic acids is 3. The fraction of sp³-hybridized carbons (Fsp3) is 0.474. The number of amides is 3. The number of hydrogen-bond acceptors (Lipinski definition) is 8. The first-order valence-electron chi connectivity index (χ1n) is 9.41. The van der Waals surface area contributed by atoms with Gasteiger partial charge in [0.15, 0.2) is 0 Å². The van der Waals surface area contributed by atoms with Crippen LogP contribution in [0.5, 0.6) is 5.75 Å². The molecule has 0 aliphatic carbocycles. The fourth-order valence-corrected chi connectivity index (χ4v) is 2.95. The Morgan fingerprint density at radius 3 is 2.26 bits per heavy atom. The molecule has 1 rings (SSSR count). The first-order valence-corrected chi connectivity index (χ1v) is 10.8. The van der Waals surface area contributed by atoms with E-state index < -0.39 is 55.0 Å². The molecule has 3 atom stereocenters. The number of aliphatic hydroxyl groups excluding tert-OH is 1. The molecule has 0 radical (unpaired) electrons. The van der Waals surface area contributed by atoms with Crippen LogP contribution < -0.4 is 21.7 Å². The van der Waals surface area contributed by atoms with Gasteiger partial charge in [-0.2, -0.15) is 11.8 Å². The Kier molecular flexibility index (Phi) is 11.4. The highest BCUT2D eigenvalue weighted by atomic mass is 32.2. The molecule has 0 spiro atoms. The molecular formula is C19H28N4O7S. The standard InChI is InChI=1S/C19H28N4O7S/c1-31-7-6-14(18(28)21-9-16(26)22-15(10-24)19(29)30)23-17(27)13(20)8-11-2-4-12(25)5-3-11/h2-5,13-15,24-25H,6-10,20H2,1H3,(H,21,28)(H,22,26)(H,23,27)(H,29,30). The van der Waals surface area contributed by atoms with Gasteiger partial charge in [0.1, 0.15) is 17.8 Å². The maximum atomic E-state index is 12.4. The maximum absolute atomic E-state index is 12.4. The summed E-state index contributed by atoms with van der Waals surface area (Å²) in [7, 11) is 0. The first kappa shape index (κ1) is 26.2. The Morgan fingerprint density at radius 2 is 1.71 bits per heavy atom. The van der Waals surface area contributed by atoms with Crippen molar-refractivity contribution < 1.29 is 34.5 Å². The summed E-state index contributed by atoms with van der Waals surface area (Å²) in [5.74, 6) is -2.73. The van der Waals surface area contributed by atoms with Crippen molar-refractivity contribution in [3.63, 3.8) is 0 Å². The van der Waals surface area contributed by atoms with Crippen molar-refractivity contribution in [2.75, 3.05) is 25.2 Å². The van der Waals surface area contributed by atoms with Crippen molar-refractivity contribution in [3.05, 3.63) is 29.8 Å². The number of hydrogen-bond donors (Lipinski definition) is 7. The number of thioether (sulfide) groups is 1. The zero-order valence-electron chi connectivity index (χ0n) is 17.0. The minimum absolute atomic E-state index is 0.0910. The predicted molar refractivity (Wildman–Crippen MR) is 114 cm³/mol. The smallest absolute Gasteiger partial charge is 0.328 e. The summed E-state index contributed by atoms with van der Waals surface area (Å²) in [4.78, 5) is 47.5. The van der Waals surface area contributed by atoms with Crippen molar-refractivity contribution in [2.45, 2.75) is 31.0 Å². The van der Waals surface area contributed by atoms with Gasteiger partial charge in [0.2, 0.25) is 17.7 Å². The van der Waals surface area contributed by atoms with Crippen molar-refractivity contribution in [2.24, 2.45) is 5.73 Å². The highest BCUT2D eigenvalue weighted by molar-refractivity contribution is 7.98. The number of aromatic hydroxyl groups is 1. The average Bonchev–Trinajstić information content (AvgIpc) is 2.74. The van der Waals surface area contributed by atoms with E-state index in [1.54, 1.807) is 12.1 Å². The van der Waals surface area contributed by atoms with Gasteiger partial charge in [0.25, 0.3) is 0 Å². The third kappa shape index (κ3) is 9.68. The fourth-order valence-electron chi connectivity index (χ4n) is 2.48. The Hall–Kier alpha value is -2.83. The van der Waals surface area contributed by atoms with Gasteiger partial charge in [0, 0.05) is 0 Å². The lowest BCUT2D eigenvalue weighted by molar-refractivity contribution is -0.142. The van der Waals surface area contributed by atoms with E-state index >= 15 is 0 Å². The van der Waals surface area contributed by atoms with Gasteiger partial charge in [0.05, 0.1) is 19.2 Å². The molecule has 0 aromatic heterocycles. The van der Waals surface area contributed by atoms with Crippen LogP contribution in [0.15, 0.2) is 24.3 Å². The molecule has 0 heterocycles. The number of carboxylic acids is 1. The minimum Gasteiger partial charge on any atom is -0.508 e. The maximum Gasteiger partial charge on any atom is 0.328 e. The summed E-state index contributed by atoms with van der Waals surface area (Å²) in [6.07, 6.45) is 2.32. The number of carbonyl (C=O) groups is 4. The first-order chi connectivity index (χ1) is 14.7. The highest BCUT2D eigenvalue weighted by Gasteiger charge is 2.25. The van der Waals surface area contributed by atoms with Crippen LogP contribution in [-0.4, -0.2) is 82.3 Å². The van der Waals surface area contributed by atoms with E-state index in [2.05, 4.69) is 16.0 Å². The SMILES string of the molecule is CSCCC(NC(=O)C(N)Cc1ccc(O)cc1)C(=O)NCC(=O)NC(CO)C(=O)O. The summed E-state index contributed by atoms with van der Waals surface area (Å²) in [5, 5.41) is 34.0. The second-order valence-corrected chi connectivity index (χ2v) is 7.66. The van der Waals surface area contributed by atoms with E-state index in [0.29, 0.717) is 12.2 Å². The zero-order valence-corrected chi connectivity index (χ0v) is 17.9.